The number of halogens is 1. The van der Waals surface area contributed by atoms with E-state index in [-0.39, 0.29) is 11.7 Å². The molecule has 4 rings (SSSR count). The summed E-state index contributed by atoms with van der Waals surface area (Å²) in [5.74, 6) is 0.248. The van der Waals surface area contributed by atoms with Crippen LogP contribution >= 0.6 is 11.8 Å². The third-order valence-electron chi connectivity index (χ3n) is 5.87. The minimum Gasteiger partial charge on any atom is -0.379 e. The first-order valence-corrected chi connectivity index (χ1v) is 12.5. The number of nitrogens with zero attached hydrogens (tertiary/aromatic N) is 5. The molecule has 1 saturated heterocycles. The van der Waals surface area contributed by atoms with Gasteiger partial charge in [0.05, 0.1) is 18.5 Å². The van der Waals surface area contributed by atoms with Crippen molar-refractivity contribution in [1.82, 2.24) is 19.7 Å². The molecule has 1 atom stereocenters. The van der Waals surface area contributed by atoms with Gasteiger partial charge in [-0.25, -0.2) is 4.39 Å². The van der Waals surface area contributed by atoms with Crippen molar-refractivity contribution >= 4 is 29.0 Å². The Kier molecular flexibility index (Phi) is 8.37. The molecule has 8 nitrogen and oxygen atoms in total. The van der Waals surface area contributed by atoms with Crippen molar-refractivity contribution in [3.63, 3.8) is 0 Å². The third kappa shape index (κ3) is 6.59. The molecule has 186 valence electrons. The largest absolute Gasteiger partial charge is 0.379 e. The molecule has 3 aromatic rings. The fraction of sp³-hybridized carbons (Fsp3) is 0.400. The van der Waals surface area contributed by atoms with Crippen LogP contribution in [0.2, 0.25) is 0 Å². The molecule has 10 heteroatoms. The second kappa shape index (κ2) is 11.7. The van der Waals surface area contributed by atoms with Crippen LogP contribution in [0.25, 0.3) is 11.4 Å². The van der Waals surface area contributed by atoms with E-state index in [2.05, 4.69) is 20.4 Å². The van der Waals surface area contributed by atoms with Gasteiger partial charge in [-0.05, 0) is 55.5 Å². The van der Waals surface area contributed by atoms with E-state index in [4.69, 9.17) is 4.74 Å². The number of ether oxygens (including phenoxy) is 1. The molecule has 1 N–H and O–H groups in total. The Morgan fingerprint density at radius 2 is 1.77 bits per heavy atom. The summed E-state index contributed by atoms with van der Waals surface area (Å²) in [5.41, 5.74) is 2.59. The highest BCUT2D eigenvalue weighted by Gasteiger charge is 2.22. The maximum Gasteiger partial charge on any atom is 0.237 e. The number of benzene rings is 2. The van der Waals surface area contributed by atoms with Crippen LogP contribution in [0.1, 0.15) is 6.92 Å². The van der Waals surface area contributed by atoms with Crippen molar-refractivity contribution in [2.45, 2.75) is 23.9 Å². The van der Waals surface area contributed by atoms with Gasteiger partial charge in [0.25, 0.3) is 0 Å². The number of carbonyl (C=O) groups is 1. The summed E-state index contributed by atoms with van der Waals surface area (Å²) in [6.45, 7) is 6.52. The molecule has 1 unspecified atom stereocenters. The van der Waals surface area contributed by atoms with Gasteiger partial charge in [0.15, 0.2) is 11.0 Å². The van der Waals surface area contributed by atoms with Crippen molar-refractivity contribution in [3.8, 4) is 11.4 Å². The average molecular weight is 499 g/mol. The van der Waals surface area contributed by atoms with Gasteiger partial charge in [0.1, 0.15) is 5.82 Å². The Morgan fingerprint density at radius 3 is 2.43 bits per heavy atom. The number of anilines is 2. The van der Waals surface area contributed by atoms with Crippen molar-refractivity contribution in [1.29, 1.82) is 0 Å². The molecule has 0 aliphatic carbocycles. The summed E-state index contributed by atoms with van der Waals surface area (Å²) in [6.07, 6.45) is 0. The summed E-state index contributed by atoms with van der Waals surface area (Å²) < 4.78 is 21.0. The Balaban J connectivity index is 1.48. The molecule has 2 heterocycles. The van der Waals surface area contributed by atoms with E-state index in [1.807, 2.05) is 54.8 Å². The van der Waals surface area contributed by atoms with Crippen LogP contribution in [-0.2, 0) is 16.1 Å². The molecule has 1 amide bonds. The van der Waals surface area contributed by atoms with E-state index in [1.165, 1.54) is 23.9 Å². The smallest absolute Gasteiger partial charge is 0.237 e. The van der Waals surface area contributed by atoms with Gasteiger partial charge in [-0.15, -0.1) is 10.2 Å². The second-order valence-corrected chi connectivity index (χ2v) is 9.92. The lowest BCUT2D eigenvalue weighted by atomic mass is 10.2. The predicted molar refractivity (Wildman–Crippen MR) is 137 cm³/mol. The van der Waals surface area contributed by atoms with Crippen molar-refractivity contribution in [2.75, 3.05) is 57.2 Å². The molecule has 1 fully saturated rings. The topological polar surface area (TPSA) is 75.5 Å². The van der Waals surface area contributed by atoms with Gasteiger partial charge in [0.2, 0.25) is 5.91 Å². The Bertz CT molecular complexity index is 1110. The average Bonchev–Trinajstić information content (AvgIpc) is 3.26. The normalized spacial score (nSPS) is 15.1. The lowest BCUT2D eigenvalue weighted by molar-refractivity contribution is -0.115. The van der Waals surface area contributed by atoms with Crippen LogP contribution in [0.4, 0.5) is 15.8 Å². The van der Waals surface area contributed by atoms with Crippen LogP contribution < -0.4 is 10.2 Å². The quantitative estimate of drug-likeness (QED) is 0.452. The lowest BCUT2D eigenvalue weighted by Crippen LogP contribution is -2.38. The molecule has 1 aliphatic rings. The molecule has 1 aliphatic heterocycles. The van der Waals surface area contributed by atoms with E-state index < -0.39 is 5.25 Å². The monoisotopic (exact) mass is 498 g/mol. The van der Waals surface area contributed by atoms with Gasteiger partial charge in [-0.2, -0.15) is 0 Å². The summed E-state index contributed by atoms with van der Waals surface area (Å²) in [6, 6.07) is 13.9. The summed E-state index contributed by atoms with van der Waals surface area (Å²) >= 11 is 1.36. The summed E-state index contributed by atoms with van der Waals surface area (Å²) in [4.78, 5) is 17.2. The molecular weight excluding hydrogens is 467 g/mol. The van der Waals surface area contributed by atoms with E-state index >= 15 is 0 Å². The number of carbonyl (C=O) groups excluding carboxylic acids is 1. The number of aromatic nitrogens is 3. The number of rotatable bonds is 9. The third-order valence-corrected chi connectivity index (χ3v) is 6.95. The Labute approximate surface area is 209 Å². The number of morpholine rings is 1. The highest BCUT2D eigenvalue weighted by atomic mass is 32.2. The molecule has 2 aromatic carbocycles. The Morgan fingerprint density at radius 1 is 1.09 bits per heavy atom. The molecule has 0 radical (unpaired) electrons. The minimum atomic E-state index is -0.393. The molecule has 1 aromatic heterocycles. The minimum absolute atomic E-state index is 0.112. The van der Waals surface area contributed by atoms with Gasteiger partial charge in [-0.3, -0.25) is 9.69 Å². The second-order valence-electron chi connectivity index (χ2n) is 8.61. The number of nitrogens with one attached hydrogen (secondary N) is 1. The first kappa shape index (κ1) is 25.2. The zero-order valence-electron chi connectivity index (χ0n) is 20.3. The van der Waals surface area contributed by atoms with Crippen LogP contribution in [0.15, 0.2) is 53.7 Å². The van der Waals surface area contributed by atoms with Gasteiger partial charge in [0, 0.05) is 57.2 Å². The van der Waals surface area contributed by atoms with Crippen molar-refractivity contribution in [2.24, 2.45) is 0 Å². The zero-order valence-corrected chi connectivity index (χ0v) is 21.1. The zero-order chi connectivity index (χ0) is 24.8. The van der Waals surface area contributed by atoms with Gasteiger partial charge >= 0.3 is 0 Å². The van der Waals surface area contributed by atoms with E-state index in [9.17, 15) is 9.18 Å². The van der Waals surface area contributed by atoms with Crippen molar-refractivity contribution in [3.05, 3.63) is 54.3 Å². The molecular formula is C25H31FN6O2S. The maximum atomic E-state index is 13.5. The first-order chi connectivity index (χ1) is 16.9. The number of hydrogen-bond acceptors (Lipinski definition) is 7. The fourth-order valence-corrected chi connectivity index (χ4v) is 4.63. The van der Waals surface area contributed by atoms with Crippen LogP contribution in [0.5, 0.6) is 0 Å². The maximum absolute atomic E-state index is 13.5. The summed E-state index contributed by atoms with van der Waals surface area (Å²) in [7, 11) is 3.95. The molecule has 0 bridgehead atoms. The van der Waals surface area contributed by atoms with Crippen LogP contribution in [0, 0.1) is 5.82 Å². The SMILES string of the molecule is CC(Sc1nnc(-c2ccc(F)cc2)n1CCN1CCOCC1)C(=O)Nc1ccc(N(C)C)cc1. The van der Waals surface area contributed by atoms with Crippen LogP contribution in [-0.4, -0.2) is 77.8 Å². The predicted octanol–water partition coefficient (Wildman–Crippen LogP) is 3.60. The Hall–Kier alpha value is -2.95. The molecule has 0 saturated carbocycles. The highest BCUT2D eigenvalue weighted by molar-refractivity contribution is 8.00. The standard InChI is InChI=1S/C25H31FN6O2S/c1-18(24(33)27-21-8-10-22(11-9-21)30(2)3)35-25-29-28-23(19-4-6-20(26)7-5-19)32(25)13-12-31-14-16-34-17-15-31/h4-11,18H,12-17H2,1-3H3,(H,27,33). The van der Waals surface area contributed by atoms with E-state index in [1.54, 1.807) is 12.1 Å². The fourth-order valence-electron chi connectivity index (χ4n) is 3.75. The number of amides is 1. The first-order valence-electron chi connectivity index (χ1n) is 11.6. The van der Waals surface area contributed by atoms with Gasteiger partial charge in [-0.1, -0.05) is 11.8 Å². The van der Waals surface area contributed by atoms with E-state index in [0.29, 0.717) is 17.5 Å². The van der Waals surface area contributed by atoms with Crippen LogP contribution in [0.3, 0.4) is 0 Å². The number of thioether (sulfide) groups is 1. The molecule has 0 spiro atoms. The number of hydrogen-bond donors (Lipinski definition) is 1. The molecule has 35 heavy (non-hydrogen) atoms. The van der Waals surface area contributed by atoms with Crippen molar-refractivity contribution < 1.29 is 13.9 Å². The lowest BCUT2D eigenvalue weighted by Gasteiger charge is -2.27. The highest BCUT2D eigenvalue weighted by Crippen LogP contribution is 2.28. The van der Waals surface area contributed by atoms with Gasteiger partial charge < -0.3 is 19.5 Å². The van der Waals surface area contributed by atoms with E-state index in [0.717, 1.165) is 49.8 Å². The summed E-state index contributed by atoms with van der Waals surface area (Å²) in [5, 5.41) is 12.0.